The average Bonchev–Trinajstić information content (AvgIpc) is 3.24. The molecule has 0 aromatic heterocycles. The minimum atomic E-state index is -1.88. The molecule has 0 radical (unpaired) electrons. The van der Waals surface area contributed by atoms with Crippen LogP contribution in [0.4, 0.5) is 0 Å². The number of carbonyl (C=O) groups excluding carboxylic acids is 4. The molecule has 14 nitrogen and oxygen atoms in total. The lowest BCUT2D eigenvalue weighted by atomic mass is 9.99. The van der Waals surface area contributed by atoms with Crippen molar-refractivity contribution >= 4 is 29.7 Å². The van der Waals surface area contributed by atoms with Crippen molar-refractivity contribution in [3.8, 4) is 5.75 Å². The maximum atomic E-state index is 12.0. The van der Waals surface area contributed by atoms with Crippen molar-refractivity contribution in [3.63, 3.8) is 0 Å². The summed E-state index contributed by atoms with van der Waals surface area (Å²) < 4.78 is 16.3. The molecule has 2 aliphatic heterocycles. The normalized spacial score (nSPS) is 24.0. The van der Waals surface area contributed by atoms with Gasteiger partial charge in [0, 0.05) is 24.3 Å². The van der Waals surface area contributed by atoms with Crippen molar-refractivity contribution in [2.75, 3.05) is 13.1 Å². The highest BCUT2D eigenvalue weighted by atomic mass is 16.7. The van der Waals surface area contributed by atoms with Crippen LogP contribution in [-0.4, -0.2) is 98.8 Å². The van der Waals surface area contributed by atoms with Crippen molar-refractivity contribution in [1.82, 2.24) is 10.2 Å². The fourth-order valence-electron chi connectivity index (χ4n) is 4.04. The van der Waals surface area contributed by atoms with Gasteiger partial charge in [-0.25, -0.2) is 4.79 Å². The lowest BCUT2D eigenvalue weighted by Crippen LogP contribution is -2.61. The number of rotatable bonds is 13. The third-order valence-corrected chi connectivity index (χ3v) is 6.45. The van der Waals surface area contributed by atoms with E-state index in [2.05, 4.69) is 5.32 Å². The summed E-state index contributed by atoms with van der Waals surface area (Å²) in [5.74, 6) is -3.85. The molecule has 14 heteroatoms. The van der Waals surface area contributed by atoms with Crippen LogP contribution in [0.2, 0.25) is 0 Å². The van der Waals surface area contributed by atoms with Gasteiger partial charge in [0.2, 0.25) is 12.2 Å². The standard InChI is InChI=1S/C27H34N2O12/c1-14(2)26(38)39-13-16-7-6-15(5-3-4-10-28-18(30)12-29-19(31)8-9-20(29)32)11-17(16)40-27-23(35)21(33)22(34)24(41-27)25(36)37/h6-9,11,14,21-24,27,33-35H,3-5,10,12-13H2,1-2H3,(H,28,30)(H,36,37)/t21-,22-,23+,24-,27+/m0/s1. The molecule has 0 bridgehead atoms. The lowest BCUT2D eigenvalue weighted by molar-refractivity contribution is -0.271. The zero-order chi connectivity index (χ0) is 30.3. The van der Waals surface area contributed by atoms with Gasteiger partial charge < -0.3 is 40.0 Å². The van der Waals surface area contributed by atoms with E-state index in [1.54, 1.807) is 32.0 Å². The smallest absolute Gasteiger partial charge is 0.335 e. The molecule has 3 rings (SSSR count). The molecule has 3 amide bonds. The number of aliphatic carboxylic acids is 1. The first-order valence-electron chi connectivity index (χ1n) is 13.1. The van der Waals surface area contributed by atoms with Gasteiger partial charge in [0.25, 0.3) is 11.8 Å². The fraction of sp³-hybridized carbons (Fsp3) is 0.519. The number of aryl methyl sites for hydroxylation is 1. The van der Waals surface area contributed by atoms with Gasteiger partial charge in [0.15, 0.2) is 6.10 Å². The second kappa shape index (κ2) is 14.2. The molecule has 0 unspecified atom stereocenters. The molecule has 1 fully saturated rings. The van der Waals surface area contributed by atoms with Crippen LogP contribution in [0.25, 0.3) is 0 Å². The molecule has 0 spiro atoms. The largest absolute Gasteiger partial charge is 0.479 e. The monoisotopic (exact) mass is 578 g/mol. The van der Waals surface area contributed by atoms with Gasteiger partial charge >= 0.3 is 11.9 Å². The number of nitrogens with one attached hydrogen (secondary N) is 1. The van der Waals surface area contributed by atoms with Gasteiger partial charge in [-0.3, -0.25) is 24.1 Å². The maximum absolute atomic E-state index is 12.0. The van der Waals surface area contributed by atoms with E-state index in [-0.39, 0.29) is 24.8 Å². The zero-order valence-electron chi connectivity index (χ0n) is 22.6. The highest BCUT2D eigenvalue weighted by Gasteiger charge is 2.48. The number of ether oxygens (including phenoxy) is 3. The topological polar surface area (TPSA) is 209 Å². The number of nitrogens with zero attached hydrogens (tertiary/aromatic N) is 1. The number of esters is 1. The summed E-state index contributed by atoms with van der Waals surface area (Å²) in [7, 11) is 0. The number of benzene rings is 1. The molecule has 0 aliphatic carbocycles. The van der Waals surface area contributed by atoms with Crippen LogP contribution < -0.4 is 10.1 Å². The number of imide groups is 1. The molecule has 41 heavy (non-hydrogen) atoms. The Hall–Kier alpha value is -3.85. The van der Waals surface area contributed by atoms with E-state index in [0.717, 1.165) is 22.6 Å². The first-order chi connectivity index (χ1) is 19.4. The number of carbonyl (C=O) groups is 5. The third kappa shape index (κ3) is 8.33. The molecule has 5 N–H and O–H groups in total. The Morgan fingerprint density at radius 3 is 2.34 bits per heavy atom. The Morgan fingerprint density at radius 2 is 1.71 bits per heavy atom. The average molecular weight is 579 g/mol. The predicted octanol–water partition coefficient (Wildman–Crippen LogP) is -0.979. The van der Waals surface area contributed by atoms with Crippen LogP contribution in [0.5, 0.6) is 5.75 Å². The molecule has 1 aromatic rings. The number of aliphatic hydroxyl groups excluding tert-OH is 3. The van der Waals surface area contributed by atoms with Gasteiger partial charge in [-0.2, -0.15) is 0 Å². The molecule has 5 atom stereocenters. The van der Waals surface area contributed by atoms with Gasteiger partial charge in [-0.15, -0.1) is 0 Å². The minimum Gasteiger partial charge on any atom is -0.479 e. The highest BCUT2D eigenvalue weighted by molar-refractivity contribution is 6.14. The quantitative estimate of drug-likeness (QED) is 0.109. The summed E-state index contributed by atoms with van der Waals surface area (Å²) in [5.41, 5.74) is 1.14. The molecular weight excluding hydrogens is 544 g/mol. The SMILES string of the molecule is CC(C)C(=O)OCc1ccc(CCCCNC(=O)CN2C(=O)C=CC2=O)cc1O[C@@H]1O[C@H](C(=O)O)[C@@H](O)[C@H](O)[C@H]1O. The van der Waals surface area contributed by atoms with Crippen molar-refractivity contribution in [1.29, 1.82) is 0 Å². The predicted molar refractivity (Wildman–Crippen MR) is 138 cm³/mol. The van der Waals surface area contributed by atoms with Gasteiger partial charge in [0.05, 0.1) is 5.92 Å². The first kappa shape index (κ1) is 31.7. The zero-order valence-corrected chi connectivity index (χ0v) is 22.6. The summed E-state index contributed by atoms with van der Waals surface area (Å²) in [6.45, 7) is 3.08. The van der Waals surface area contributed by atoms with E-state index in [4.69, 9.17) is 14.2 Å². The van der Waals surface area contributed by atoms with Gasteiger partial charge in [-0.1, -0.05) is 26.0 Å². The Balaban J connectivity index is 1.62. The molecular formula is C27H34N2O12. The Bertz CT molecular complexity index is 1160. The number of unbranched alkanes of at least 4 members (excludes halogenated alkanes) is 1. The highest BCUT2D eigenvalue weighted by Crippen LogP contribution is 2.29. The van der Waals surface area contributed by atoms with Gasteiger partial charge in [-0.05, 0) is 30.9 Å². The number of carboxylic acid groups (broad SMARTS) is 1. The Labute approximate surface area is 235 Å². The molecule has 1 aromatic carbocycles. The molecule has 0 saturated carbocycles. The first-order valence-corrected chi connectivity index (χ1v) is 13.1. The number of aliphatic hydroxyl groups is 3. The second-order valence-corrected chi connectivity index (χ2v) is 9.96. The Kier molecular flexibility index (Phi) is 10.9. The molecule has 2 aliphatic rings. The second-order valence-electron chi connectivity index (χ2n) is 9.96. The number of hydrogen-bond donors (Lipinski definition) is 5. The summed E-state index contributed by atoms with van der Waals surface area (Å²) in [5, 5.41) is 42.4. The van der Waals surface area contributed by atoms with Crippen molar-refractivity contribution in [3.05, 3.63) is 41.5 Å². The summed E-state index contributed by atoms with van der Waals surface area (Å²) in [4.78, 5) is 59.4. The van der Waals surface area contributed by atoms with Crippen LogP contribution in [-0.2, 0) is 46.5 Å². The number of carboxylic acids is 1. The van der Waals surface area contributed by atoms with Crippen LogP contribution in [0.3, 0.4) is 0 Å². The van der Waals surface area contributed by atoms with Crippen LogP contribution in [0.1, 0.15) is 37.8 Å². The summed E-state index contributed by atoms with van der Waals surface area (Å²) >= 11 is 0. The van der Waals surface area contributed by atoms with Crippen molar-refractivity contribution in [2.24, 2.45) is 5.92 Å². The number of amides is 3. The summed E-state index contributed by atoms with van der Waals surface area (Å²) in [6.07, 6.45) is -5.12. The summed E-state index contributed by atoms with van der Waals surface area (Å²) in [6, 6.07) is 4.99. The van der Waals surface area contributed by atoms with Crippen LogP contribution in [0.15, 0.2) is 30.4 Å². The lowest BCUT2D eigenvalue weighted by Gasteiger charge is -2.38. The van der Waals surface area contributed by atoms with Crippen molar-refractivity contribution < 1.29 is 58.6 Å². The van der Waals surface area contributed by atoms with Crippen molar-refractivity contribution in [2.45, 2.75) is 70.4 Å². The molecule has 2 heterocycles. The fourth-order valence-corrected chi connectivity index (χ4v) is 4.04. The van der Waals surface area contributed by atoms with Gasteiger partial charge in [0.1, 0.15) is 37.2 Å². The van der Waals surface area contributed by atoms with E-state index in [1.807, 2.05) is 0 Å². The van der Waals surface area contributed by atoms with Crippen LogP contribution in [0, 0.1) is 5.92 Å². The van der Waals surface area contributed by atoms with E-state index in [9.17, 15) is 44.4 Å². The number of hydrogen-bond acceptors (Lipinski definition) is 11. The maximum Gasteiger partial charge on any atom is 0.335 e. The van der Waals surface area contributed by atoms with E-state index in [1.165, 1.54) is 0 Å². The third-order valence-electron chi connectivity index (χ3n) is 6.45. The van der Waals surface area contributed by atoms with E-state index < -0.39 is 60.4 Å². The minimum absolute atomic E-state index is 0.109. The molecule has 224 valence electrons. The Morgan fingerprint density at radius 1 is 1.02 bits per heavy atom. The molecule has 1 saturated heterocycles. The van der Waals surface area contributed by atoms with E-state index >= 15 is 0 Å². The van der Waals surface area contributed by atoms with E-state index in [0.29, 0.717) is 31.4 Å². The van der Waals surface area contributed by atoms with Crippen LogP contribution >= 0.6 is 0 Å².